The molecule has 0 spiro atoms. The molecule has 0 saturated heterocycles. The second kappa shape index (κ2) is 7.91. The summed E-state index contributed by atoms with van der Waals surface area (Å²) in [6.45, 7) is 0. The highest BCUT2D eigenvalue weighted by molar-refractivity contribution is 7.38. The molecule has 0 amide bonds. The minimum Gasteiger partial charge on any atom is -0.304 e. The van der Waals surface area contributed by atoms with Gasteiger partial charge in [-0.05, 0) is 31.5 Å². The van der Waals surface area contributed by atoms with Crippen molar-refractivity contribution in [1.29, 1.82) is 0 Å². The highest BCUT2D eigenvalue weighted by atomic mass is 31.0. The second-order valence-electron chi connectivity index (χ2n) is 6.90. The molecule has 1 aromatic heterocycles. The molecular formula is C27H20NP. The Morgan fingerprint density at radius 3 is 1.45 bits per heavy atom. The quantitative estimate of drug-likeness (QED) is 0.293. The van der Waals surface area contributed by atoms with Crippen LogP contribution >= 0.6 is 8.19 Å². The summed E-state index contributed by atoms with van der Waals surface area (Å²) in [6, 6.07) is 42.8. The Balaban J connectivity index is 1.89. The summed E-state index contributed by atoms with van der Waals surface area (Å²) in [5.41, 5.74) is 7.47. The van der Waals surface area contributed by atoms with Crippen LogP contribution in [0.3, 0.4) is 0 Å². The monoisotopic (exact) mass is 389 g/mol. The van der Waals surface area contributed by atoms with Crippen molar-refractivity contribution < 1.29 is 0 Å². The van der Waals surface area contributed by atoms with Gasteiger partial charge in [-0.1, -0.05) is 109 Å². The molecule has 0 aliphatic rings. The van der Waals surface area contributed by atoms with Crippen LogP contribution in [0.25, 0.3) is 38.8 Å². The van der Waals surface area contributed by atoms with Gasteiger partial charge in [0, 0.05) is 16.5 Å². The molecule has 4 aromatic carbocycles. The number of para-hydroxylation sites is 1. The molecule has 2 heteroatoms. The first-order valence-electron chi connectivity index (χ1n) is 9.76. The van der Waals surface area contributed by atoms with Crippen molar-refractivity contribution in [3.63, 3.8) is 0 Å². The van der Waals surface area contributed by atoms with Crippen LogP contribution in [-0.4, -0.2) is 4.57 Å². The normalized spacial score (nSPS) is 11.0. The maximum atomic E-state index is 2.43. The first-order chi connectivity index (χ1) is 14.4. The third-order valence-corrected chi connectivity index (χ3v) is 6.38. The fourth-order valence-electron chi connectivity index (χ4n) is 3.69. The van der Waals surface area contributed by atoms with Crippen LogP contribution in [0.5, 0.6) is 0 Å². The zero-order chi connectivity index (χ0) is 19.5. The summed E-state index contributed by atoms with van der Waals surface area (Å²) in [5, 5.41) is 1.33. The molecule has 1 heterocycles. The number of hydrogen-bond donors (Lipinski definition) is 0. The predicted molar refractivity (Wildman–Crippen MR) is 125 cm³/mol. The van der Waals surface area contributed by atoms with Gasteiger partial charge in [-0.15, -0.1) is 0 Å². The molecule has 0 unspecified atom stereocenters. The van der Waals surface area contributed by atoms with E-state index in [9.17, 15) is 0 Å². The molecule has 0 atom stereocenters. The lowest BCUT2D eigenvalue weighted by Gasteiger charge is -2.15. The Bertz CT molecular complexity index is 1110. The minimum absolute atomic E-state index is 1.18. The zero-order valence-electron chi connectivity index (χ0n) is 15.9. The molecule has 0 aliphatic heterocycles. The van der Waals surface area contributed by atoms with Crippen molar-refractivity contribution in [3.8, 4) is 38.8 Å². The molecule has 29 heavy (non-hydrogen) atoms. The molecule has 0 fully saturated rings. The maximum absolute atomic E-state index is 2.43. The van der Waals surface area contributed by atoms with Crippen molar-refractivity contribution in [2.45, 2.75) is 0 Å². The number of nitrogens with zero attached hydrogens (tertiary/aromatic N) is 1. The third kappa shape index (κ3) is 3.42. The topological polar surface area (TPSA) is 4.93 Å². The van der Waals surface area contributed by atoms with E-state index >= 15 is 0 Å². The maximum Gasteiger partial charge on any atom is 0.0813 e. The average Bonchev–Trinajstić information content (AvgIpc) is 3.22. The summed E-state index contributed by atoms with van der Waals surface area (Å²) < 4.78 is 2.43. The van der Waals surface area contributed by atoms with Crippen molar-refractivity contribution in [3.05, 3.63) is 121 Å². The second-order valence-corrected chi connectivity index (χ2v) is 8.00. The largest absolute Gasteiger partial charge is 0.304 e. The van der Waals surface area contributed by atoms with Crippen LogP contribution < -0.4 is 0 Å². The molecule has 5 aromatic rings. The highest BCUT2D eigenvalue weighted by Gasteiger charge is 2.20. The molecule has 1 nitrogen and oxygen atoms in total. The van der Waals surface area contributed by atoms with Crippen molar-refractivity contribution in [2.24, 2.45) is 0 Å². The molecule has 0 N–H and O–H groups in total. The van der Waals surface area contributed by atoms with Gasteiger partial charge in [-0.25, -0.2) is 0 Å². The summed E-state index contributed by atoms with van der Waals surface area (Å²) >= 11 is 0. The van der Waals surface area contributed by atoms with Crippen molar-refractivity contribution >= 4 is 8.19 Å². The molecular weight excluding hydrogens is 369 g/mol. The summed E-state index contributed by atoms with van der Waals surface area (Å²) in [4.78, 5) is 0. The van der Waals surface area contributed by atoms with E-state index in [-0.39, 0.29) is 0 Å². The SMILES string of the molecule is c1ccc(-c2pc(-c3ccccc3)n(-c3ccccc3)c2-c2ccccc2)cc1. The Labute approximate surface area is 173 Å². The Morgan fingerprint density at radius 2 is 0.897 bits per heavy atom. The van der Waals surface area contributed by atoms with Gasteiger partial charge in [0.25, 0.3) is 0 Å². The van der Waals surface area contributed by atoms with E-state index in [1.807, 2.05) is 0 Å². The Morgan fingerprint density at radius 1 is 0.448 bits per heavy atom. The Hall–Kier alpha value is -3.41. The lowest BCUT2D eigenvalue weighted by molar-refractivity contribution is 1.10. The zero-order valence-corrected chi connectivity index (χ0v) is 16.8. The standard InChI is InChI=1S/C27H20NP/c1-5-13-21(14-6-1)25-26(22-15-7-2-8-16-22)29-27(23-17-9-3-10-18-23)28(25)24-19-11-4-12-20-24/h1-20H. The minimum atomic E-state index is 1.18. The van der Waals surface area contributed by atoms with Gasteiger partial charge in [-0.2, -0.15) is 0 Å². The lowest BCUT2D eigenvalue weighted by Crippen LogP contribution is -1.99. The highest BCUT2D eigenvalue weighted by Crippen LogP contribution is 2.48. The van der Waals surface area contributed by atoms with E-state index in [2.05, 4.69) is 126 Å². The van der Waals surface area contributed by atoms with Crippen LogP contribution in [0.15, 0.2) is 121 Å². The molecule has 0 radical (unpaired) electrons. The summed E-state index contributed by atoms with van der Waals surface area (Å²) in [5.74, 6) is 0. The van der Waals surface area contributed by atoms with E-state index in [4.69, 9.17) is 0 Å². The van der Waals surface area contributed by atoms with E-state index in [1.165, 1.54) is 47.0 Å². The number of rotatable bonds is 4. The van der Waals surface area contributed by atoms with Crippen molar-refractivity contribution in [1.82, 2.24) is 4.57 Å². The lowest BCUT2D eigenvalue weighted by atomic mass is 10.1. The van der Waals surface area contributed by atoms with Crippen LogP contribution in [0.2, 0.25) is 0 Å². The predicted octanol–water partition coefficient (Wildman–Crippen LogP) is 8.06. The fourth-order valence-corrected chi connectivity index (χ4v) is 5.11. The first kappa shape index (κ1) is 17.7. The fraction of sp³-hybridized carbons (Fsp3) is 0. The molecule has 0 bridgehead atoms. The van der Waals surface area contributed by atoms with E-state index in [1.54, 1.807) is 0 Å². The van der Waals surface area contributed by atoms with E-state index in [0.717, 1.165) is 0 Å². The van der Waals surface area contributed by atoms with Gasteiger partial charge in [0.05, 0.1) is 11.1 Å². The molecule has 138 valence electrons. The van der Waals surface area contributed by atoms with Crippen molar-refractivity contribution in [2.75, 3.05) is 0 Å². The van der Waals surface area contributed by atoms with Gasteiger partial charge in [0.1, 0.15) is 0 Å². The van der Waals surface area contributed by atoms with Crippen LogP contribution in [0.1, 0.15) is 0 Å². The third-order valence-electron chi connectivity index (χ3n) is 5.02. The number of benzene rings is 4. The molecule has 0 saturated carbocycles. The smallest absolute Gasteiger partial charge is 0.0813 e. The van der Waals surface area contributed by atoms with Crippen LogP contribution in [0.4, 0.5) is 0 Å². The Kier molecular flexibility index (Phi) is 4.82. The van der Waals surface area contributed by atoms with Crippen LogP contribution in [-0.2, 0) is 0 Å². The van der Waals surface area contributed by atoms with Gasteiger partial charge >= 0.3 is 0 Å². The summed E-state index contributed by atoms with van der Waals surface area (Å²) in [7, 11) is 1.21. The van der Waals surface area contributed by atoms with E-state index < -0.39 is 0 Å². The molecule has 0 aliphatic carbocycles. The van der Waals surface area contributed by atoms with Gasteiger partial charge < -0.3 is 4.57 Å². The average molecular weight is 389 g/mol. The number of aromatic nitrogens is 1. The van der Waals surface area contributed by atoms with Gasteiger partial charge in [0.2, 0.25) is 0 Å². The van der Waals surface area contributed by atoms with E-state index in [0.29, 0.717) is 0 Å². The van der Waals surface area contributed by atoms with Crippen LogP contribution in [0, 0.1) is 0 Å². The molecule has 5 rings (SSSR count). The van der Waals surface area contributed by atoms with Gasteiger partial charge in [0.15, 0.2) is 0 Å². The van der Waals surface area contributed by atoms with Gasteiger partial charge in [-0.3, -0.25) is 0 Å². The summed E-state index contributed by atoms with van der Waals surface area (Å²) in [6.07, 6.45) is 0. The number of hydrogen-bond acceptors (Lipinski definition) is 0. The first-order valence-corrected chi connectivity index (χ1v) is 10.7.